The van der Waals surface area contributed by atoms with E-state index in [1.54, 1.807) is 0 Å². The third-order valence-electron chi connectivity index (χ3n) is 3.06. The van der Waals surface area contributed by atoms with Crippen LogP contribution < -0.4 is 5.32 Å². The standard InChI is InChI=1S/C16H25NOS/c1-13(2)4-9-16(18)17-12-15-7-5-14(6-8-15)10-11-19-3/h5-8,13H,4,9-12H2,1-3H3,(H,17,18). The molecule has 2 nitrogen and oxygen atoms in total. The monoisotopic (exact) mass is 279 g/mol. The Bertz CT molecular complexity index is 373. The fraction of sp³-hybridized carbons (Fsp3) is 0.562. The molecular weight excluding hydrogens is 254 g/mol. The molecule has 0 atom stereocenters. The van der Waals surface area contributed by atoms with Crippen molar-refractivity contribution in [1.82, 2.24) is 5.32 Å². The summed E-state index contributed by atoms with van der Waals surface area (Å²) >= 11 is 1.87. The highest BCUT2D eigenvalue weighted by Gasteiger charge is 2.03. The lowest BCUT2D eigenvalue weighted by Gasteiger charge is -2.07. The van der Waals surface area contributed by atoms with Crippen molar-refractivity contribution in [2.75, 3.05) is 12.0 Å². The van der Waals surface area contributed by atoms with E-state index in [9.17, 15) is 4.79 Å². The number of nitrogens with one attached hydrogen (secondary N) is 1. The minimum atomic E-state index is 0.153. The van der Waals surface area contributed by atoms with Crippen molar-refractivity contribution >= 4 is 17.7 Å². The number of aryl methyl sites for hydroxylation is 1. The number of benzene rings is 1. The van der Waals surface area contributed by atoms with E-state index >= 15 is 0 Å². The summed E-state index contributed by atoms with van der Waals surface area (Å²) in [6.07, 6.45) is 4.83. The molecule has 0 saturated heterocycles. The molecule has 3 heteroatoms. The first kappa shape index (κ1) is 16.1. The molecule has 1 rings (SSSR count). The molecule has 0 fully saturated rings. The molecule has 0 bridgehead atoms. The van der Waals surface area contributed by atoms with Gasteiger partial charge in [-0.1, -0.05) is 38.1 Å². The lowest BCUT2D eigenvalue weighted by Crippen LogP contribution is -2.22. The molecule has 0 saturated carbocycles. The van der Waals surface area contributed by atoms with Crippen molar-refractivity contribution in [3.63, 3.8) is 0 Å². The molecule has 0 aliphatic carbocycles. The highest BCUT2D eigenvalue weighted by molar-refractivity contribution is 7.98. The molecule has 19 heavy (non-hydrogen) atoms. The molecule has 1 aromatic rings. The van der Waals surface area contributed by atoms with Crippen LogP contribution >= 0.6 is 11.8 Å². The SMILES string of the molecule is CSCCc1ccc(CNC(=O)CCC(C)C)cc1. The van der Waals surface area contributed by atoms with Crippen molar-refractivity contribution in [2.45, 2.75) is 39.7 Å². The Labute approximate surface area is 121 Å². The van der Waals surface area contributed by atoms with Crippen LogP contribution in [0.25, 0.3) is 0 Å². The smallest absolute Gasteiger partial charge is 0.220 e. The Morgan fingerprint density at radius 1 is 1.21 bits per heavy atom. The van der Waals surface area contributed by atoms with Gasteiger partial charge in [-0.05, 0) is 41.9 Å². The average molecular weight is 279 g/mol. The minimum Gasteiger partial charge on any atom is -0.352 e. The summed E-state index contributed by atoms with van der Waals surface area (Å²) in [7, 11) is 0. The van der Waals surface area contributed by atoms with Crippen LogP contribution in [0.1, 0.15) is 37.8 Å². The molecule has 1 aromatic carbocycles. The lowest BCUT2D eigenvalue weighted by molar-refractivity contribution is -0.121. The lowest BCUT2D eigenvalue weighted by atomic mass is 10.1. The summed E-state index contributed by atoms with van der Waals surface area (Å²) in [6.45, 7) is 4.92. The highest BCUT2D eigenvalue weighted by atomic mass is 32.2. The molecule has 0 aliphatic rings. The van der Waals surface area contributed by atoms with Gasteiger partial charge in [-0.2, -0.15) is 11.8 Å². The fourth-order valence-electron chi connectivity index (χ4n) is 1.75. The van der Waals surface area contributed by atoms with E-state index in [2.05, 4.69) is 49.7 Å². The van der Waals surface area contributed by atoms with Gasteiger partial charge < -0.3 is 5.32 Å². The van der Waals surface area contributed by atoms with E-state index in [1.807, 2.05) is 11.8 Å². The van der Waals surface area contributed by atoms with E-state index < -0.39 is 0 Å². The Hall–Kier alpha value is -0.960. The predicted octanol–water partition coefficient (Wildman–Crippen LogP) is 3.64. The number of rotatable bonds is 8. The van der Waals surface area contributed by atoms with E-state index in [4.69, 9.17) is 0 Å². The molecule has 1 amide bonds. The zero-order valence-electron chi connectivity index (χ0n) is 12.2. The number of hydrogen-bond acceptors (Lipinski definition) is 2. The highest BCUT2D eigenvalue weighted by Crippen LogP contribution is 2.08. The van der Waals surface area contributed by atoms with Gasteiger partial charge in [-0.3, -0.25) is 4.79 Å². The van der Waals surface area contributed by atoms with Crippen LogP contribution in [0.3, 0.4) is 0 Å². The molecule has 0 spiro atoms. The number of carbonyl (C=O) groups excluding carboxylic acids is 1. The second kappa shape index (κ2) is 9.03. The molecule has 0 heterocycles. The topological polar surface area (TPSA) is 29.1 Å². The molecule has 0 unspecified atom stereocenters. The average Bonchev–Trinajstić information content (AvgIpc) is 2.41. The third kappa shape index (κ3) is 7.26. The van der Waals surface area contributed by atoms with Gasteiger partial charge in [-0.25, -0.2) is 0 Å². The van der Waals surface area contributed by atoms with Crippen molar-refractivity contribution in [1.29, 1.82) is 0 Å². The first-order valence-corrected chi connectivity index (χ1v) is 8.34. The first-order valence-electron chi connectivity index (χ1n) is 6.95. The van der Waals surface area contributed by atoms with Crippen LogP contribution in [-0.4, -0.2) is 17.9 Å². The molecule has 106 valence electrons. The molecule has 0 radical (unpaired) electrons. The quantitative estimate of drug-likeness (QED) is 0.787. The van der Waals surface area contributed by atoms with E-state index in [-0.39, 0.29) is 5.91 Å². The van der Waals surface area contributed by atoms with Gasteiger partial charge in [0.1, 0.15) is 0 Å². The zero-order valence-corrected chi connectivity index (χ0v) is 13.1. The molecule has 0 aromatic heterocycles. The minimum absolute atomic E-state index is 0.153. The summed E-state index contributed by atoms with van der Waals surface area (Å²) in [5.41, 5.74) is 2.54. The molecule has 0 aliphatic heterocycles. The fourth-order valence-corrected chi connectivity index (χ4v) is 2.19. The van der Waals surface area contributed by atoms with E-state index in [0.717, 1.165) is 18.6 Å². The van der Waals surface area contributed by atoms with Gasteiger partial charge in [0.05, 0.1) is 0 Å². The van der Waals surface area contributed by atoms with E-state index in [0.29, 0.717) is 18.9 Å². The molecule has 1 N–H and O–H groups in total. The van der Waals surface area contributed by atoms with Gasteiger partial charge in [0.15, 0.2) is 0 Å². The van der Waals surface area contributed by atoms with Gasteiger partial charge in [0.25, 0.3) is 0 Å². The van der Waals surface area contributed by atoms with Gasteiger partial charge >= 0.3 is 0 Å². The van der Waals surface area contributed by atoms with Crippen LogP contribution in [-0.2, 0) is 17.8 Å². The zero-order chi connectivity index (χ0) is 14.1. The summed E-state index contributed by atoms with van der Waals surface area (Å²) in [6, 6.07) is 8.54. The second-order valence-corrected chi connectivity index (χ2v) is 6.25. The van der Waals surface area contributed by atoms with Crippen LogP contribution in [0.2, 0.25) is 0 Å². The van der Waals surface area contributed by atoms with E-state index in [1.165, 1.54) is 11.1 Å². The summed E-state index contributed by atoms with van der Waals surface area (Å²) in [5.74, 6) is 1.90. The summed E-state index contributed by atoms with van der Waals surface area (Å²) in [4.78, 5) is 11.6. The Morgan fingerprint density at radius 3 is 2.42 bits per heavy atom. The van der Waals surface area contributed by atoms with Crippen molar-refractivity contribution in [3.05, 3.63) is 35.4 Å². The van der Waals surface area contributed by atoms with Crippen molar-refractivity contribution in [2.24, 2.45) is 5.92 Å². The number of amides is 1. The van der Waals surface area contributed by atoms with Crippen LogP contribution in [0, 0.1) is 5.92 Å². The Balaban J connectivity index is 2.31. The third-order valence-corrected chi connectivity index (χ3v) is 3.67. The number of carbonyl (C=O) groups is 1. The van der Waals surface area contributed by atoms with Gasteiger partial charge in [0, 0.05) is 13.0 Å². The largest absolute Gasteiger partial charge is 0.352 e. The maximum Gasteiger partial charge on any atom is 0.220 e. The maximum absolute atomic E-state index is 11.6. The van der Waals surface area contributed by atoms with Crippen molar-refractivity contribution < 1.29 is 4.79 Å². The van der Waals surface area contributed by atoms with Gasteiger partial charge in [-0.15, -0.1) is 0 Å². The van der Waals surface area contributed by atoms with Crippen LogP contribution in [0.5, 0.6) is 0 Å². The van der Waals surface area contributed by atoms with Crippen molar-refractivity contribution in [3.8, 4) is 0 Å². The number of hydrogen-bond donors (Lipinski definition) is 1. The van der Waals surface area contributed by atoms with Crippen LogP contribution in [0.4, 0.5) is 0 Å². The Kier molecular flexibility index (Phi) is 7.65. The number of thioether (sulfide) groups is 1. The summed E-state index contributed by atoms with van der Waals surface area (Å²) < 4.78 is 0. The summed E-state index contributed by atoms with van der Waals surface area (Å²) in [5, 5.41) is 2.97. The predicted molar refractivity (Wildman–Crippen MR) is 84.4 cm³/mol. The van der Waals surface area contributed by atoms with Crippen LogP contribution in [0.15, 0.2) is 24.3 Å². The first-order chi connectivity index (χ1) is 9.11. The maximum atomic E-state index is 11.6. The second-order valence-electron chi connectivity index (χ2n) is 5.27. The molecular formula is C16H25NOS. The normalized spacial score (nSPS) is 10.7. The van der Waals surface area contributed by atoms with Gasteiger partial charge in [0.2, 0.25) is 5.91 Å². The Morgan fingerprint density at radius 2 is 1.84 bits per heavy atom.